The molecule has 0 aliphatic carbocycles. The fourth-order valence-electron chi connectivity index (χ4n) is 1.01. The minimum atomic E-state index is -0.274. The van der Waals surface area contributed by atoms with Gasteiger partial charge in [-0.25, -0.2) is 4.39 Å². The van der Waals surface area contributed by atoms with Crippen LogP contribution in [0.15, 0.2) is 30.4 Å². The largest absolute Gasteiger partial charge is 0.489 e. The summed E-state index contributed by atoms with van der Waals surface area (Å²) in [4.78, 5) is 0. The van der Waals surface area contributed by atoms with Crippen LogP contribution in [0.2, 0.25) is 0 Å². The van der Waals surface area contributed by atoms with E-state index in [0.29, 0.717) is 18.1 Å². The van der Waals surface area contributed by atoms with E-state index in [0.717, 1.165) is 5.56 Å². The van der Waals surface area contributed by atoms with Crippen molar-refractivity contribution >= 4 is 12.6 Å². The summed E-state index contributed by atoms with van der Waals surface area (Å²) in [7, 11) is 0. The van der Waals surface area contributed by atoms with E-state index in [1.807, 2.05) is 19.1 Å². The summed E-state index contributed by atoms with van der Waals surface area (Å²) < 4.78 is 18.2. The predicted octanol–water partition coefficient (Wildman–Crippen LogP) is 3.00. The van der Waals surface area contributed by atoms with Crippen molar-refractivity contribution in [2.45, 2.75) is 6.92 Å². The molecule has 0 atom stereocenters. The van der Waals surface area contributed by atoms with Crippen LogP contribution in [0.25, 0.3) is 0 Å². The summed E-state index contributed by atoms with van der Waals surface area (Å²) in [6, 6.07) is 4.52. The highest BCUT2D eigenvalue weighted by Crippen LogP contribution is 2.18. The van der Waals surface area contributed by atoms with Crippen LogP contribution in [-0.2, 0) is 0 Å². The maximum absolute atomic E-state index is 12.8. The van der Waals surface area contributed by atoms with Crippen molar-refractivity contribution in [2.75, 3.05) is 12.4 Å². The van der Waals surface area contributed by atoms with Crippen molar-refractivity contribution in [1.82, 2.24) is 0 Å². The Hall–Kier alpha value is -0.960. The lowest BCUT2D eigenvalue weighted by atomic mass is 10.2. The van der Waals surface area contributed by atoms with Gasteiger partial charge in [-0.1, -0.05) is 18.2 Å². The van der Waals surface area contributed by atoms with Crippen molar-refractivity contribution in [3.8, 4) is 5.75 Å². The van der Waals surface area contributed by atoms with E-state index in [4.69, 9.17) is 4.74 Å². The van der Waals surface area contributed by atoms with Crippen molar-refractivity contribution in [3.63, 3.8) is 0 Å². The third-order valence-electron chi connectivity index (χ3n) is 1.76. The van der Waals surface area contributed by atoms with E-state index >= 15 is 0 Å². The smallest absolute Gasteiger partial charge is 0.126 e. The van der Waals surface area contributed by atoms with Crippen molar-refractivity contribution < 1.29 is 9.13 Å². The second kappa shape index (κ2) is 5.70. The van der Waals surface area contributed by atoms with Gasteiger partial charge in [0.15, 0.2) is 0 Å². The van der Waals surface area contributed by atoms with Crippen LogP contribution >= 0.6 is 12.6 Å². The highest BCUT2D eigenvalue weighted by atomic mass is 32.1. The van der Waals surface area contributed by atoms with E-state index in [2.05, 4.69) is 12.6 Å². The van der Waals surface area contributed by atoms with Crippen molar-refractivity contribution in [1.29, 1.82) is 0 Å². The van der Waals surface area contributed by atoms with Crippen molar-refractivity contribution in [3.05, 3.63) is 41.7 Å². The summed E-state index contributed by atoms with van der Waals surface area (Å²) in [6.45, 7) is 2.34. The molecule has 1 aromatic carbocycles. The van der Waals surface area contributed by atoms with E-state index in [-0.39, 0.29) is 5.82 Å². The maximum atomic E-state index is 12.8. The number of hydrogen-bond donors (Lipinski definition) is 1. The fraction of sp³-hybridized carbons (Fsp3) is 0.273. The van der Waals surface area contributed by atoms with Gasteiger partial charge < -0.3 is 4.74 Å². The van der Waals surface area contributed by atoms with Crippen LogP contribution in [0.4, 0.5) is 4.39 Å². The first-order valence-corrected chi connectivity index (χ1v) is 5.02. The van der Waals surface area contributed by atoms with Gasteiger partial charge in [-0.15, -0.1) is 0 Å². The van der Waals surface area contributed by atoms with Gasteiger partial charge >= 0.3 is 0 Å². The van der Waals surface area contributed by atoms with Gasteiger partial charge in [0.1, 0.15) is 18.2 Å². The Morgan fingerprint density at radius 1 is 1.43 bits per heavy atom. The van der Waals surface area contributed by atoms with E-state index in [1.54, 1.807) is 6.07 Å². The lowest BCUT2D eigenvalue weighted by Gasteiger charge is -2.06. The molecule has 0 saturated carbocycles. The van der Waals surface area contributed by atoms with Gasteiger partial charge in [0.2, 0.25) is 0 Å². The third kappa shape index (κ3) is 3.42. The average molecular weight is 212 g/mol. The standard InChI is InChI=1S/C11H13FOS/c1-9-4-5-10(12)8-11(9)13-6-2-3-7-14/h2-5,8,14H,6-7H2,1H3/b3-2+. The van der Waals surface area contributed by atoms with Crippen LogP contribution in [0.5, 0.6) is 5.75 Å². The molecular weight excluding hydrogens is 199 g/mol. The predicted molar refractivity (Wildman–Crippen MR) is 59.6 cm³/mol. The topological polar surface area (TPSA) is 9.23 Å². The molecule has 0 radical (unpaired) electrons. The Labute approximate surface area is 89.0 Å². The number of benzene rings is 1. The molecule has 0 bridgehead atoms. The van der Waals surface area contributed by atoms with Crippen LogP contribution in [0, 0.1) is 12.7 Å². The molecule has 0 aromatic heterocycles. The Morgan fingerprint density at radius 3 is 2.93 bits per heavy atom. The Bertz CT molecular complexity index is 323. The van der Waals surface area contributed by atoms with Crippen LogP contribution < -0.4 is 4.74 Å². The summed E-state index contributed by atoms with van der Waals surface area (Å²) in [5, 5.41) is 0. The van der Waals surface area contributed by atoms with E-state index in [1.165, 1.54) is 12.1 Å². The molecule has 1 nitrogen and oxygen atoms in total. The van der Waals surface area contributed by atoms with Gasteiger partial charge in [0.05, 0.1) is 0 Å². The molecule has 0 aliphatic heterocycles. The summed E-state index contributed by atoms with van der Waals surface area (Å²) in [5.74, 6) is 1.00. The molecule has 0 unspecified atom stereocenters. The molecule has 0 heterocycles. The maximum Gasteiger partial charge on any atom is 0.126 e. The molecule has 0 N–H and O–H groups in total. The molecule has 0 spiro atoms. The fourth-order valence-corrected chi connectivity index (χ4v) is 1.16. The van der Waals surface area contributed by atoms with Gasteiger partial charge in [-0.05, 0) is 18.6 Å². The molecule has 0 amide bonds. The molecule has 0 fully saturated rings. The summed E-state index contributed by atoms with van der Waals surface area (Å²) in [5.41, 5.74) is 0.936. The molecule has 1 aromatic rings. The average Bonchev–Trinajstić information content (AvgIpc) is 2.18. The zero-order chi connectivity index (χ0) is 10.4. The van der Waals surface area contributed by atoms with Gasteiger partial charge in [0, 0.05) is 11.8 Å². The summed E-state index contributed by atoms with van der Waals surface area (Å²) in [6.07, 6.45) is 3.75. The quantitative estimate of drug-likeness (QED) is 0.596. The van der Waals surface area contributed by atoms with Crippen molar-refractivity contribution in [2.24, 2.45) is 0 Å². The van der Waals surface area contributed by atoms with Crippen LogP contribution in [0.1, 0.15) is 5.56 Å². The third-order valence-corrected chi connectivity index (χ3v) is 1.97. The lowest BCUT2D eigenvalue weighted by Crippen LogP contribution is -1.96. The second-order valence-electron chi connectivity index (χ2n) is 2.87. The molecule has 0 saturated heterocycles. The van der Waals surface area contributed by atoms with Gasteiger partial charge in [-0.2, -0.15) is 12.6 Å². The minimum Gasteiger partial charge on any atom is -0.489 e. The zero-order valence-electron chi connectivity index (χ0n) is 8.03. The SMILES string of the molecule is Cc1ccc(F)cc1OC/C=C/CS. The number of rotatable bonds is 4. The minimum absolute atomic E-state index is 0.274. The normalized spacial score (nSPS) is 10.8. The number of thiol groups is 1. The Balaban J connectivity index is 2.57. The number of hydrogen-bond acceptors (Lipinski definition) is 2. The van der Waals surface area contributed by atoms with Gasteiger partial charge in [-0.3, -0.25) is 0 Å². The van der Waals surface area contributed by atoms with Gasteiger partial charge in [0.25, 0.3) is 0 Å². The molecule has 14 heavy (non-hydrogen) atoms. The Morgan fingerprint density at radius 2 is 2.21 bits per heavy atom. The van der Waals surface area contributed by atoms with Crippen LogP contribution in [0.3, 0.4) is 0 Å². The monoisotopic (exact) mass is 212 g/mol. The summed E-state index contributed by atoms with van der Waals surface area (Å²) >= 11 is 4.02. The Kier molecular flexibility index (Phi) is 4.53. The lowest BCUT2D eigenvalue weighted by molar-refractivity contribution is 0.358. The number of aryl methyl sites for hydroxylation is 1. The molecule has 3 heteroatoms. The van der Waals surface area contributed by atoms with E-state index in [9.17, 15) is 4.39 Å². The van der Waals surface area contributed by atoms with Crippen LogP contribution in [-0.4, -0.2) is 12.4 Å². The molecular formula is C11H13FOS. The second-order valence-corrected chi connectivity index (χ2v) is 3.24. The number of ether oxygens (including phenoxy) is 1. The first kappa shape index (κ1) is 11.1. The first-order chi connectivity index (χ1) is 6.74. The first-order valence-electron chi connectivity index (χ1n) is 4.39. The molecule has 0 aliphatic rings. The highest BCUT2D eigenvalue weighted by molar-refractivity contribution is 7.80. The van der Waals surface area contributed by atoms with E-state index < -0.39 is 0 Å². The molecule has 1 rings (SSSR count). The zero-order valence-corrected chi connectivity index (χ0v) is 8.93. The highest BCUT2D eigenvalue weighted by Gasteiger charge is 1.99. The number of halogens is 1. The molecule has 76 valence electrons.